The molecule has 0 saturated heterocycles. The minimum atomic E-state index is -0.522. The maximum Gasteiger partial charge on any atom is 0.250 e. The van der Waals surface area contributed by atoms with Crippen LogP contribution in [-0.2, 0) is 11.3 Å². The molecule has 0 spiro atoms. The van der Waals surface area contributed by atoms with Gasteiger partial charge in [0.2, 0.25) is 5.91 Å². The van der Waals surface area contributed by atoms with E-state index in [1.165, 1.54) is 0 Å². The highest BCUT2D eigenvalue weighted by atomic mass is 35.5. The number of aryl methyl sites for hydroxylation is 2. The molecule has 1 amide bonds. The van der Waals surface area contributed by atoms with Crippen molar-refractivity contribution >= 4 is 46.5 Å². The molecule has 1 unspecified atom stereocenters. The Morgan fingerprint density at radius 2 is 1.82 bits per heavy atom. The molecular weight excluding hydrogens is 421 g/mol. The number of amides is 1. The van der Waals surface area contributed by atoms with Crippen molar-refractivity contribution in [2.24, 2.45) is 0 Å². The van der Waals surface area contributed by atoms with Crippen molar-refractivity contribution in [2.45, 2.75) is 40.3 Å². The van der Waals surface area contributed by atoms with Gasteiger partial charge < -0.3 is 5.32 Å². The van der Waals surface area contributed by atoms with Crippen molar-refractivity contribution in [3.63, 3.8) is 0 Å². The van der Waals surface area contributed by atoms with Gasteiger partial charge in [0, 0.05) is 11.8 Å². The lowest BCUT2D eigenvalue weighted by Gasteiger charge is -2.13. The average molecular weight is 441 g/mol. The van der Waals surface area contributed by atoms with Gasteiger partial charge in [0.1, 0.15) is 6.04 Å². The number of hydrogen-bond acceptors (Lipinski definition) is 3. The Hall–Kier alpha value is -2.02. The number of hydrogen-bond donors (Lipinski definition) is 1. The van der Waals surface area contributed by atoms with Crippen molar-refractivity contribution in [3.8, 4) is 0 Å². The summed E-state index contributed by atoms with van der Waals surface area (Å²) in [6, 6.07) is 6.74. The molecule has 0 aliphatic heterocycles. The number of anilines is 1. The monoisotopic (exact) mass is 439 g/mol. The van der Waals surface area contributed by atoms with Gasteiger partial charge in [0.05, 0.1) is 33.0 Å². The zero-order valence-electron chi connectivity index (χ0n) is 15.9. The molecule has 0 aliphatic rings. The number of halogens is 3. The Kier molecular flexibility index (Phi) is 6.03. The SMILES string of the molecule is Cc1nn(C(C)C(=O)Nc2cc(C)n(Cc3ccc(Cl)c(Cl)c3)n2)c(C)c1Cl. The molecular formula is C19H20Cl3N5O. The summed E-state index contributed by atoms with van der Waals surface area (Å²) < 4.78 is 3.41. The summed E-state index contributed by atoms with van der Waals surface area (Å²) in [4.78, 5) is 12.7. The normalized spacial score (nSPS) is 12.2. The standard InChI is InChI=1S/C19H20Cl3N5O/c1-10-7-17(25-26(10)9-14-5-6-15(20)16(21)8-14)23-19(28)13(4)27-12(3)18(22)11(2)24-27/h5-8,13H,9H2,1-4H3,(H,23,25,28). The summed E-state index contributed by atoms with van der Waals surface area (Å²) in [6.45, 7) is 7.85. The molecule has 0 aliphatic carbocycles. The molecule has 9 heteroatoms. The minimum Gasteiger partial charge on any atom is -0.307 e. The van der Waals surface area contributed by atoms with Gasteiger partial charge >= 0.3 is 0 Å². The molecule has 1 atom stereocenters. The van der Waals surface area contributed by atoms with Crippen molar-refractivity contribution in [2.75, 3.05) is 5.32 Å². The Morgan fingerprint density at radius 1 is 1.11 bits per heavy atom. The summed E-state index contributed by atoms with van der Waals surface area (Å²) in [6.07, 6.45) is 0. The van der Waals surface area contributed by atoms with Crippen LogP contribution in [0.4, 0.5) is 5.82 Å². The van der Waals surface area contributed by atoms with Gasteiger partial charge in [0.25, 0.3) is 0 Å². The Bertz CT molecular complexity index is 1040. The van der Waals surface area contributed by atoms with E-state index in [0.29, 0.717) is 33.1 Å². The molecule has 3 rings (SSSR count). The largest absolute Gasteiger partial charge is 0.307 e. The fourth-order valence-electron chi connectivity index (χ4n) is 2.90. The van der Waals surface area contributed by atoms with E-state index in [2.05, 4.69) is 15.5 Å². The van der Waals surface area contributed by atoms with Crippen molar-refractivity contribution < 1.29 is 4.79 Å². The van der Waals surface area contributed by atoms with Crippen LogP contribution in [0.25, 0.3) is 0 Å². The van der Waals surface area contributed by atoms with Gasteiger partial charge in [-0.25, -0.2) is 0 Å². The second kappa shape index (κ2) is 8.15. The van der Waals surface area contributed by atoms with Crippen LogP contribution in [0, 0.1) is 20.8 Å². The van der Waals surface area contributed by atoms with Gasteiger partial charge in [0.15, 0.2) is 5.82 Å². The van der Waals surface area contributed by atoms with Gasteiger partial charge in [-0.15, -0.1) is 0 Å². The van der Waals surface area contributed by atoms with Crippen molar-refractivity contribution in [1.82, 2.24) is 19.6 Å². The number of nitrogens with zero attached hydrogens (tertiary/aromatic N) is 4. The number of rotatable bonds is 5. The van der Waals surface area contributed by atoms with E-state index in [9.17, 15) is 4.79 Å². The smallest absolute Gasteiger partial charge is 0.250 e. The first-order valence-electron chi connectivity index (χ1n) is 8.67. The first-order valence-corrected chi connectivity index (χ1v) is 9.81. The van der Waals surface area contributed by atoms with E-state index < -0.39 is 6.04 Å². The number of nitrogens with one attached hydrogen (secondary N) is 1. The van der Waals surface area contributed by atoms with E-state index >= 15 is 0 Å². The lowest BCUT2D eigenvalue weighted by atomic mass is 10.2. The summed E-state index contributed by atoms with van der Waals surface area (Å²) in [5.41, 5.74) is 3.32. The van der Waals surface area contributed by atoms with Crippen LogP contribution < -0.4 is 5.32 Å². The summed E-state index contributed by atoms with van der Waals surface area (Å²) in [5, 5.41) is 13.2. The zero-order chi connectivity index (χ0) is 20.6. The summed E-state index contributed by atoms with van der Waals surface area (Å²) in [7, 11) is 0. The average Bonchev–Trinajstić information content (AvgIpc) is 3.11. The molecule has 1 N–H and O–H groups in total. The van der Waals surface area contributed by atoms with Crippen molar-refractivity contribution in [1.29, 1.82) is 0 Å². The second-order valence-corrected chi connectivity index (χ2v) is 7.86. The third-order valence-corrected chi connectivity index (χ3v) is 5.82. The van der Waals surface area contributed by atoms with Crippen molar-refractivity contribution in [3.05, 3.63) is 62.0 Å². The minimum absolute atomic E-state index is 0.221. The zero-order valence-corrected chi connectivity index (χ0v) is 18.2. The predicted molar refractivity (Wildman–Crippen MR) is 113 cm³/mol. The van der Waals surface area contributed by atoms with Gasteiger partial charge in [-0.2, -0.15) is 10.2 Å². The van der Waals surface area contributed by atoms with Crippen LogP contribution in [0.1, 0.15) is 35.6 Å². The van der Waals surface area contributed by atoms with E-state index in [1.807, 2.05) is 32.9 Å². The van der Waals surface area contributed by atoms with E-state index in [-0.39, 0.29) is 5.91 Å². The van der Waals surface area contributed by atoms with Gasteiger partial charge in [-0.1, -0.05) is 40.9 Å². The molecule has 0 fully saturated rings. The molecule has 6 nitrogen and oxygen atoms in total. The number of carbonyl (C=O) groups excluding carboxylic acids is 1. The van der Waals surface area contributed by atoms with Crippen LogP contribution >= 0.6 is 34.8 Å². The van der Waals surface area contributed by atoms with E-state index in [4.69, 9.17) is 34.8 Å². The molecule has 28 heavy (non-hydrogen) atoms. The third-order valence-electron chi connectivity index (χ3n) is 4.53. The Balaban J connectivity index is 1.74. The van der Waals surface area contributed by atoms with E-state index in [0.717, 1.165) is 17.0 Å². The molecule has 2 aromatic heterocycles. The quantitative estimate of drug-likeness (QED) is 0.592. The summed E-state index contributed by atoms with van der Waals surface area (Å²) >= 11 is 18.2. The van der Waals surface area contributed by atoms with Crippen LogP contribution in [0.5, 0.6) is 0 Å². The van der Waals surface area contributed by atoms with E-state index in [1.54, 1.807) is 28.4 Å². The fraction of sp³-hybridized carbons (Fsp3) is 0.316. The Morgan fingerprint density at radius 3 is 2.43 bits per heavy atom. The van der Waals surface area contributed by atoms with Crippen LogP contribution in [-0.4, -0.2) is 25.5 Å². The Labute approximate surface area is 178 Å². The van der Waals surface area contributed by atoms with Crippen LogP contribution in [0.15, 0.2) is 24.3 Å². The van der Waals surface area contributed by atoms with Gasteiger partial charge in [-0.05, 0) is 45.4 Å². The molecule has 3 aromatic rings. The molecule has 1 aromatic carbocycles. The number of aromatic nitrogens is 4. The molecule has 148 valence electrons. The summed E-state index contributed by atoms with van der Waals surface area (Å²) in [5.74, 6) is 0.253. The van der Waals surface area contributed by atoms with Crippen LogP contribution in [0.3, 0.4) is 0 Å². The predicted octanol–water partition coefficient (Wildman–Crippen LogP) is 5.21. The maximum absolute atomic E-state index is 12.7. The lowest BCUT2D eigenvalue weighted by Crippen LogP contribution is -2.25. The molecule has 0 saturated carbocycles. The highest BCUT2D eigenvalue weighted by Crippen LogP contribution is 2.24. The molecule has 0 bridgehead atoms. The maximum atomic E-state index is 12.7. The highest BCUT2D eigenvalue weighted by molar-refractivity contribution is 6.42. The van der Waals surface area contributed by atoms with Crippen LogP contribution in [0.2, 0.25) is 15.1 Å². The first-order chi connectivity index (χ1) is 13.2. The number of benzene rings is 1. The van der Waals surface area contributed by atoms with Gasteiger partial charge in [-0.3, -0.25) is 14.2 Å². The molecule has 0 radical (unpaired) electrons. The fourth-order valence-corrected chi connectivity index (χ4v) is 3.35. The topological polar surface area (TPSA) is 64.7 Å². The second-order valence-electron chi connectivity index (χ2n) is 6.67. The molecule has 2 heterocycles. The highest BCUT2D eigenvalue weighted by Gasteiger charge is 2.21. The lowest BCUT2D eigenvalue weighted by molar-refractivity contribution is -0.119. The third kappa shape index (κ3) is 4.19. The number of carbonyl (C=O) groups is 1. The first kappa shape index (κ1) is 20.7.